The van der Waals surface area contributed by atoms with Crippen molar-refractivity contribution >= 4 is 34.8 Å². The number of fused-ring (bicyclic) bond motifs is 1. The first-order valence-electron chi connectivity index (χ1n) is 7.20. The lowest BCUT2D eigenvalue weighted by atomic mass is 10.1. The van der Waals surface area contributed by atoms with Crippen molar-refractivity contribution in [3.05, 3.63) is 12.2 Å². The number of nitrogens with one attached hydrogen (secondary N) is 1. The van der Waals surface area contributed by atoms with E-state index in [1.54, 1.807) is 18.9 Å². The third kappa shape index (κ3) is 3.66. The van der Waals surface area contributed by atoms with Crippen molar-refractivity contribution in [2.75, 3.05) is 26.0 Å². The Labute approximate surface area is 138 Å². The number of rotatable bonds is 5. The first kappa shape index (κ1) is 17.3. The highest BCUT2D eigenvalue weighted by molar-refractivity contribution is 8.14. The highest BCUT2D eigenvalue weighted by atomic mass is 32.2. The average Bonchev–Trinajstić information content (AvgIpc) is 2.81. The smallest absolute Gasteiger partial charge is 0.325 e. The van der Waals surface area contributed by atoms with Crippen LogP contribution in [0.4, 0.5) is 4.79 Å². The zero-order valence-electron chi connectivity index (χ0n) is 13.4. The van der Waals surface area contributed by atoms with Crippen LogP contribution in [0.25, 0.3) is 0 Å². The van der Waals surface area contributed by atoms with E-state index >= 15 is 0 Å². The van der Waals surface area contributed by atoms with Crippen molar-refractivity contribution in [3.8, 4) is 0 Å². The van der Waals surface area contributed by atoms with Crippen LogP contribution in [0.2, 0.25) is 0 Å². The highest BCUT2D eigenvalue weighted by Gasteiger charge is 2.48. The van der Waals surface area contributed by atoms with Gasteiger partial charge in [-0.15, -0.1) is 0 Å². The van der Waals surface area contributed by atoms with Gasteiger partial charge in [-0.1, -0.05) is 23.9 Å². The van der Waals surface area contributed by atoms with Crippen LogP contribution in [0.15, 0.2) is 17.1 Å². The summed E-state index contributed by atoms with van der Waals surface area (Å²) in [6, 6.07) is -1.09. The molecule has 23 heavy (non-hydrogen) atoms. The molecule has 0 spiro atoms. The number of carbonyl (C=O) groups is 3. The molecule has 0 aromatic carbocycles. The number of esters is 1. The van der Waals surface area contributed by atoms with Gasteiger partial charge >= 0.3 is 12.0 Å². The van der Waals surface area contributed by atoms with E-state index in [-0.39, 0.29) is 11.7 Å². The predicted molar refractivity (Wildman–Crippen MR) is 86.9 cm³/mol. The number of aliphatic imine (C=N–C) groups is 1. The van der Waals surface area contributed by atoms with E-state index in [1.165, 1.54) is 16.7 Å². The van der Waals surface area contributed by atoms with E-state index in [4.69, 9.17) is 4.74 Å². The van der Waals surface area contributed by atoms with Gasteiger partial charge in [0, 0.05) is 13.6 Å². The molecule has 2 unspecified atom stereocenters. The van der Waals surface area contributed by atoms with E-state index in [1.807, 2.05) is 6.92 Å². The molecule has 2 aliphatic rings. The summed E-state index contributed by atoms with van der Waals surface area (Å²) in [5.41, 5.74) is 0.849. The molecule has 3 amide bonds. The number of hydrogen-bond donors (Lipinski definition) is 1. The third-order valence-electron chi connectivity index (χ3n) is 3.39. The van der Waals surface area contributed by atoms with Crippen molar-refractivity contribution in [1.82, 2.24) is 15.1 Å². The Kier molecular flexibility index (Phi) is 5.30. The minimum absolute atomic E-state index is 0.0953. The van der Waals surface area contributed by atoms with Crippen LogP contribution >= 0.6 is 11.8 Å². The fourth-order valence-electron chi connectivity index (χ4n) is 2.40. The number of amidine groups is 1. The fraction of sp³-hybridized carbons (Fsp3) is 0.571. The van der Waals surface area contributed by atoms with Crippen molar-refractivity contribution in [2.45, 2.75) is 26.1 Å². The van der Waals surface area contributed by atoms with Crippen LogP contribution in [0.3, 0.4) is 0 Å². The number of likely N-dealkylation sites (N-methyl/N-ethyl adjacent to an activating group) is 1. The Morgan fingerprint density at radius 1 is 1.48 bits per heavy atom. The lowest BCUT2D eigenvalue weighted by Crippen LogP contribution is -2.63. The van der Waals surface area contributed by atoms with Crippen LogP contribution < -0.4 is 5.32 Å². The quantitative estimate of drug-likeness (QED) is 0.576. The Morgan fingerprint density at radius 3 is 2.78 bits per heavy atom. The summed E-state index contributed by atoms with van der Waals surface area (Å²) in [6.45, 7) is 8.18. The van der Waals surface area contributed by atoms with E-state index in [9.17, 15) is 14.4 Å². The van der Waals surface area contributed by atoms with Crippen LogP contribution in [0.1, 0.15) is 13.8 Å². The first-order valence-corrected chi connectivity index (χ1v) is 8.18. The molecule has 1 N–H and O–H groups in total. The van der Waals surface area contributed by atoms with E-state index in [0.29, 0.717) is 18.3 Å². The number of amides is 3. The standard InChI is InChI=1S/C14H20N4O4S/c1-5-22-9(19)7-23-14-15-11-10(18(14)6-8(2)3)12(20)16-13(21)17(11)4/h10-11H,2,5-7H2,1,3-4H3,(H,16,20,21). The van der Waals surface area contributed by atoms with Gasteiger partial charge < -0.3 is 14.5 Å². The monoisotopic (exact) mass is 340 g/mol. The number of thioether (sulfide) groups is 1. The summed E-state index contributed by atoms with van der Waals surface area (Å²) in [5, 5.41) is 2.85. The molecular formula is C14H20N4O4S. The molecule has 0 saturated carbocycles. The van der Waals surface area contributed by atoms with Gasteiger partial charge in [0.15, 0.2) is 17.4 Å². The molecule has 0 bridgehead atoms. The second kappa shape index (κ2) is 7.03. The molecule has 8 nitrogen and oxygen atoms in total. The van der Waals surface area contributed by atoms with E-state index in [2.05, 4.69) is 16.9 Å². The lowest BCUT2D eigenvalue weighted by molar-refractivity contribution is -0.139. The van der Waals surface area contributed by atoms with Crippen LogP contribution in [0.5, 0.6) is 0 Å². The number of nitrogens with zero attached hydrogens (tertiary/aromatic N) is 3. The molecule has 0 aromatic heterocycles. The molecule has 9 heteroatoms. The SMILES string of the molecule is C=C(C)CN1C(SCC(=O)OCC)=NC2C1C(=O)NC(=O)N2C. The first-order chi connectivity index (χ1) is 10.8. The maximum Gasteiger partial charge on any atom is 0.325 e. The van der Waals surface area contributed by atoms with E-state index < -0.39 is 24.1 Å². The number of ether oxygens (including phenoxy) is 1. The second-order valence-corrected chi connectivity index (χ2v) is 6.30. The molecule has 2 atom stereocenters. The van der Waals surface area contributed by atoms with Crippen molar-refractivity contribution in [2.24, 2.45) is 4.99 Å². The number of urea groups is 1. The van der Waals surface area contributed by atoms with Crippen LogP contribution in [-0.2, 0) is 14.3 Å². The Hall–Kier alpha value is -2.03. The summed E-state index contributed by atoms with van der Waals surface area (Å²) >= 11 is 1.20. The number of imide groups is 1. The predicted octanol–water partition coefficient (Wildman–Crippen LogP) is 0.407. The van der Waals surface area contributed by atoms with Gasteiger partial charge in [0.2, 0.25) is 0 Å². The minimum atomic E-state index is -0.612. The Balaban J connectivity index is 2.19. The zero-order chi connectivity index (χ0) is 17.1. The molecule has 1 fully saturated rings. The van der Waals surface area contributed by atoms with Gasteiger partial charge in [-0.05, 0) is 13.8 Å². The van der Waals surface area contributed by atoms with Crippen molar-refractivity contribution in [1.29, 1.82) is 0 Å². The molecule has 2 rings (SSSR count). The van der Waals surface area contributed by atoms with Gasteiger partial charge in [-0.25, -0.2) is 9.79 Å². The number of carbonyl (C=O) groups excluding carboxylic acids is 3. The molecule has 1 saturated heterocycles. The van der Waals surface area contributed by atoms with Crippen molar-refractivity contribution in [3.63, 3.8) is 0 Å². The zero-order valence-corrected chi connectivity index (χ0v) is 14.2. The summed E-state index contributed by atoms with van der Waals surface area (Å²) in [4.78, 5) is 43.1. The summed E-state index contributed by atoms with van der Waals surface area (Å²) in [6.07, 6.45) is -0.597. The van der Waals surface area contributed by atoms with E-state index in [0.717, 1.165) is 5.57 Å². The summed E-state index contributed by atoms with van der Waals surface area (Å²) < 4.78 is 4.90. The normalized spacial score (nSPS) is 23.3. The molecule has 0 aliphatic carbocycles. The lowest BCUT2D eigenvalue weighted by Gasteiger charge is -2.36. The van der Waals surface area contributed by atoms with Gasteiger partial charge in [-0.2, -0.15) is 0 Å². The van der Waals surface area contributed by atoms with Gasteiger partial charge in [0.05, 0.1) is 12.4 Å². The maximum absolute atomic E-state index is 12.2. The van der Waals surface area contributed by atoms with Crippen LogP contribution in [-0.4, -0.2) is 71.0 Å². The largest absolute Gasteiger partial charge is 0.465 e. The van der Waals surface area contributed by atoms with Gasteiger partial charge in [0.1, 0.15) is 0 Å². The molecular weight excluding hydrogens is 320 g/mol. The molecule has 2 aliphatic heterocycles. The second-order valence-electron chi connectivity index (χ2n) is 5.35. The van der Waals surface area contributed by atoms with Crippen LogP contribution in [0, 0.1) is 0 Å². The Bertz CT molecular complexity index is 577. The minimum Gasteiger partial charge on any atom is -0.465 e. The topological polar surface area (TPSA) is 91.3 Å². The average molecular weight is 340 g/mol. The van der Waals surface area contributed by atoms with Gasteiger partial charge in [0.25, 0.3) is 5.91 Å². The molecule has 0 radical (unpaired) electrons. The molecule has 2 heterocycles. The maximum atomic E-state index is 12.2. The van der Waals surface area contributed by atoms with Gasteiger partial charge in [-0.3, -0.25) is 14.9 Å². The summed E-state index contributed by atoms with van der Waals surface area (Å²) in [5.74, 6) is -0.646. The van der Waals surface area contributed by atoms with Crippen molar-refractivity contribution < 1.29 is 19.1 Å². The highest BCUT2D eigenvalue weighted by Crippen LogP contribution is 2.29. The summed E-state index contributed by atoms with van der Waals surface area (Å²) in [7, 11) is 1.58. The molecule has 126 valence electrons. The number of hydrogen-bond acceptors (Lipinski definition) is 7. The third-order valence-corrected chi connectivity index (χ3v) is 4.37. The fourth-order valence-corrected chi connectivity index (χ4v) is 3.26. The Morgan fingerprint density at radius 2 is 2.17 bits per heavy atom. The molecule has 0 aromatic rings.